The third kappa shape index (κ3) is 4.69. The number of rotatable bonds is 8. The van der Waals surface area contributed by atoms with Crippen LogP contribution in [0.25, 0.3) is 17.1 Å². The lowest BCUT2D eigenvalue weighted by Crippen LogP contribution is -2.21. The predicted octanol–water partition coefficient (Wildman–Crippen LogP) is 2.24. The molecule has 0 saturated heterocycles. The van der Waals surface area contributed by atoms with Crippen molar-refractivity contribution in [2.45, 2.75) is 20.3 Å². The molecule has 0 spiro atoms. The molecule has 0 radical (unpaired) electrons. The topological polar surface area (TPSA) is 159 Å². The molecule has 0 aliphatic carbocycles. The van der Waals surface area contributed by atoms with Gasteiger partial charge in [0.05, 0.1) is 18.0 Å². The van der Waals surface area contributed by atoms with E-state index < -0.39 is 5.91 Å². The lowest BCUT2D eigenvalue weighted by molar-refractivity contribution is 0.0950. The van der Waals surface area contributed by atoms with Gasteiger partial charge in [-0.2, -0.15) is 9.78 Å². The van der Waals surface area contributed by atoms with Crippen molar-refractivity contribution in [3.05, 3.63) is 60.0 Å². The van der Waals surface area contributed by atoms with Crippen molar-refractivity contribution in [2.75, 3.05) is 12.3 Å². The van der Waals surface area contributed by atoms with Gasteiger partial charge in [-0.15, -0.1) is 5.10 Å². The number of nitrogens with zero attached hydrogens (tertiary/aromatic N) is 7. The van der Waals surface area contributed by atoms with Crippen LogP contribution >= 0.6 is 0 Å². The Labute approximate surface area is 188 Å². The van der Waals surface area contributed by atoms with Crippen LogP contribution in [0.5, 0.6) is 5.75 Å². The maximum absolute atomic E-state index is 13.0. The Morgan fingerprint density at radius 2 is 2.03 bits per heavy atom. The molecule has 12 heteroatoms. The first-order chi connectivity index (χ1) is 16.1. The Balaban J connectivity index is 1.69. The van der Waals surface area contributed by atoms with E-state index in [-0.39, 0.29) is 17.3 Å². The van der Waals surface area contributed by atoms with Crippen molar-refractivity contribution in [1.82, 2.24) is 35.7 Å². The van der Waals surface area contributed by atoms with Gasteiger partial charge in [0.25, 0.3) is 5.91 Å². The SMILES string of the molecule is CCCOc1ccc(-c2c(C(=O)N/N=C(\C)c3ccccn3)nnn2-c2nonc2N)cc1. The molecule has 4 aromatic rings. The highest BCUT2D eigenvalue weighted by atomic mass is 16.6. The van der Waals surface area contributed by atoms with Gasteiger partial charge in [0.15, 0.2) is 5.69 Å². The highest BCUT2D eigenvalue weighted by Gasteiger charge is 2.25. The molecule has 1 aromatic carbocycles. The minimum atomic E-state index is -0.576. The Morgan fingerprint density at radius 1 is 1.21 bits per heavy atom. The number of nitrogens with two attached hydrogens (primary N) is 1. The number of nitrogens with one attached hydrogen (secondary N) is 1. The van der Waals surface area contributed by atoms with Crippen LogP contribution in [0.4, 0.5) is 5.82 Å². The number of pyridine rings is 1. The third-order valence-electron chi connectivity index (χ3n) is 4.54. The van der Waals surface area contributed by atoms with Crippen LogP contribution in [0, 0.1) is 0 Å². The molecule has 0 aliphatic rings. The minimum absolute atomic E-state index is 0.0000229. The van der Waals surface area contributed by atoms with Crippen LogP contribution in [0.2, 0.25) is 0 Å². The van der Waals surface area contributed by atoms with Crippen molar-refractivity contribution in [3.8, 4) is 22.8 Å². The van der Waals surface area contributed by atoms with E-state index in [1.165, 1.54) is 4.68 Å². The molecule has 4 rings (SSSR count). The van der Waals surface area contributed by atoms with E-state index in [0.29, 0.717) is 35.0 Å². The molecule has 12 nitrogen and oxygen atoms in total. The van der Waals surface area contributed by atoms with E-state index in [4.69, 9.17) is 10.5 Å². The first-order valence-electron chi connectivity index (χ1n) is 10.1. The average molecular weight is 447 g/mol. The zero-order valence-corrected chi connectivity index (χ0v) is 18.0. The Bertz CT molecular complexity index is 1260. The minimum Gasteiger partial charge on any atom is -0.494 e. The van der Waals surface area contributed by atoms with Crippen LogP contribution in [0.1, 0.15) is 36.5 Å². The van der Waals surface area contributed by atoms with Crippen LogP contribution in [-0.4, -0.2) is 48.5 Å². The smallest absolute Gasteiger partial charge is 0.294 e. The van der Waals surface area contributed by atoms with Crippen molar-refractivity contribution < 1.29 is 14.2 Å². The average Bonchev–Trinajstić information content (AvgIpc) is 3.48. The van der Waals surface area contributed by atoms with E-state index >= 15 is 0 Å². The fraction of sp³-hybridized carbons (Fsp3) is 0.190. The van der Waals surface area contributed by atoms with E-state index in [0.717, 1.165) is 6.42 Å². The maximum Gasteiger partial charge on any atom is 0.294 e. The van der Waals surface area contributed by atoms with Crippen molar-refractivity contribution in [3.63, 3.8) is 0 Å². The van der Waals surface area contributed by atoms with E-state index in [2.05, 4.69) is 40.8 Å². The molecular formula is C21H21N9O3. The maximum atomic E-state index is 13.0. The molecule has 1 amide bonds. The van der Waals surface area contributed by atoms with Crippen LogP contribution in [0.3, 0.4) is 0 Å². The predicted molar refractivity (Wildman–Crippen MR) is 119 cm³/mol. The molecule has 0 fully saturated rings. The van der Waals surface area contributed by atoms with Gasteiger partial charge >= 0.3 is 0 Å². The number of carbonyl (C=O) groups excluding carboxylic acids is 1. The van der Waals surface area contributed by atoms with Gasteiger partial charge in [0.2, 0.25) is 11.6 Å². The number of hydrazone groups is 1. The molecule has 3 heterocycles. The zero-order chi connectivity index (χ0) is 23.2. The summed E-state index contributed by atoms with van der Waals surface area (Å²) >= 11 is 0. The number of ether oxygens (including phenoxy) is 1. The molecule has 33 heavy (non-hydrogen) atoms. The Hall–Kier alpha value is -4.61. The van der Waals surface area contributed by atoms with Crippen molar-refractivity contribution in [2.24, 2.45) is 5.10 Å². The lowest BCUT2D eigenvalue weighted by Gasteiger charge is -2.08. The first-order valence-corrected chi connectivity index (χ1v) is 10.1. The molecule has 3 aromatic heterocycles. The van der Waals surface area contributed by atoms with Gasteiger partial charge in [-0.3, -0.25) is 9.78 Å². The number of amides is 1. The number of anilines is 1. The standard InChI is InChI=1S/C21H21N9O3/c1-3-12-32-15-9-7-14(8-10-15)18-17(25-29-30(18)20-19(22)27-33-28-20)21(31)26-24-13(2)16-6-4-5-11-23-16/h4-11H,3,12H2,1-2H3,(H2,22,27)(H,26,31)/b24-13+. The Kier molecular flexibility index (Phi) is 6.34. The molecular weight excluding hydrogens is 426 g/mol. The number of hydrogen-bond acceptors (Lipinski definition) is 10. The number of aromatic nitrogens is 6. The van der Waals surface area contributed by atoms with Gasteiger partial charge in [-0.25, -0.2) is 10.1 Å². The number of benzene rings is 1. The lowest BCUT2D eigenvalue weighted by atomic mass is 10.1. The summed E-state index contributed by atoms with van der Waals surface area (Å²) in [6, 6.07) is 12.6. The molecule has 0 atom stereocenters. The van der Waals surface area contributed by atoms with Crippen molar-refractivity contribution in [1.29, 1.82) is 0 Å². The zero-order valence-electron chi connectivity index (χ0n) is 18.0. The summed E-state index contributed by atoms with van der Waals surface area (Å²) in [7, 11) is 0. The van der Waals surface area contributed by atoms with Crippen LogP contribution in [-0.2, 0) is 0 Å². The fourth-order valence-corrected chi connectivity index (χ4v) is 2.93. The quantitative estimate of drug-likeness (QED) is 0.305. The van der Waals surface area contributed by atoms with Crippen LogP contribution in [0.15, 0.2) is 58.4 Å². The second-order valence-corrected chi connectivity index (χ2v) is 6.90. The second-order valence-electron chi connectivity index (χ2n) is 6.90. The van der Waals surface area contributed by atoms with Gasteiger partial charge in [-0.1, -0.05) is 18.2 Å². The monoisotopic (exact) mass is 447 g/mol. The summed E-state index contributed by atoms with van der Waals surface area (Å²) in [5, 5.41) is 19.6. The second kappa shape index (κ2) is 9.68. The molecule has 0 aliphatic heterocycles. The van der Waals surface area contributed by atoms with E-state index in [9.17, 15) is 4.79 Å². The highest BCUT2D eigenvalue weighted by Crippen LogP contribution is 2.28. The van der Waals surface area contributed by atoms with Gasteiger partial charge in [0, 0.05) is 11.8 Å². The summed E-state index contributed by atoms with van der Waals surface area (Å²) in [5.41, 5.74) is 10.5. The summed E-state index contributed by atoms with van der Waals surface area (Å²) in [6.07, 6.45) is 2.53. The third-order valence-corrected chi connectivity index (χ3v) is 4.54. The first kappa shape index (κ1) is 21.6. The van der Waals surface area contributed by atoms with Gasteiger partial charge in [0.1, 0.15) is 11.4 Å². The Morgan fingerprint density at radius 3 is 2.70 bits per heavy atom. The molecule has 0 saturated carbocycles. The fourth-order valence-electron chi connectivity index (χ4n) is 2.93. The number of nitrogen functional groups attached to an aromatic ring is 1. The molecule has 0 bridgehead atoms. The number of carbonyl (C=O) groups is 1. The normalized spacial score (nSPS) is 11.4. The molecule has 3 N–H and O–H groups in total. The molecule has 168 valence electrons. The highest BCUT2D eigenvalue weighted by molar-refractivity contribution is 6.01. The molecule has 0 unspecified atom stereocenters. The summed E-state index contributed by atoms with van der Waals surface area (Å²) in [4.78, 5) is 17.2. The summed E-state index contributed by atoms with van der Waals surface area (Å²) < 4.78 is 11.6. The van der Waals surface area contributed by atoms with Crippen molar-refractivity contribution >= 4 is 17.4 Å². The van der Waals surface area contributed by atoms with Gasteiger partial charge in [-0.05, 0) is 60.1 Å². The largest absolute Gasteiger partial charge is 0.494 e. The van der Waals surface area contributed by atoms with E-state index in [1.807, 2.05) is 13.0 Å². The summed E-state index contributed by atoms with van der Waals surface area (Å²) in [6.45, 7) is 4.36. The summed E-state index contributed by atoms with van der Waals surface area (Å²) in [5.74, 6) is 0.229. The van der Waals surface area contributed by atoms with Crippen LogP contribution < -0.4 is 15.9 Å². The van der Waals surface area contributed by atoms with Gasteiger partial charge < -0.3 is 10.5 Å². The van der Waals surface area contributed by atoms with E-state index in [1.54, 1.807) is 49.5 Å². The number of hydrogen-bond donors (Lipinski definition) is 2.